The molecule has 1 atom stereocenters. The molecule has 2 nitrogen and oxygen atoms in total. The van der Waals surface area contributed by atoms with Crippen molar-refractivity contribution in [2.75, 3.05) is 7.05 Å². The monoisotopic (exact) mass is 181 g/mol. The van der Waals surface area contributed by atoms with Crippen molar-refractivity contribution in [1.82, 2.24) is 5.32 Å². The van der Waals surface area contributed by atoms with E-state index in [1.807, 2.05) is 39.1 Å². The van der Waals surface area contributed by atoms with Gasteiger partial charge in [0.05, 0.1) is 6.04 Å². The number of Topliss-reactive ketones (excluding diaryl/α,β-unsaturated/α-hetero) is 1. The molecule has 1 N–H and O–H groups in total. The predicted molar refractivity (Wildman–Crippen MR) is 56.7 cm³/mol. The maximum atomic E-state index is 11.1. The predicted octanol–water partition coefficient (Wildman–Crippen LogP) is 2.08. The first-order valence-corrected chi connectivity index (χ1v) is 4.61. The lowest BCUT2D eigenvalue weighted by Crippen LogP contribution is -2.32. The molecular weight excluding hydrogens is 162 g/mol. The summed E-state index contributed by atoms with van der Waals surface area (Å²) in [4.78, 5) is 11.1. The van der Waals surface area contributed by atoms with Crippen molar-refractivity contribution in [3.63, 3.8) is 0 Å². The first-order chi connectivity index (χ1) is 6.15. The molecule has 0 radical (unpaired) electrons. The summed E-state index contributed by atoms with van der Waals surface area (Å²) in [6, 6.07) is -0.0533. The van der Waals surface area contributed by atoms with Crippen molar-refractivity contribution in [1.29, 1.82) is 0 Å². The first kappa shape index (κ1) is 12.1. The van der Waals surface area contributed by atoms with Gasteiger partial charge >= 0.3 is 0 Å². The molecule has 0 saturated carbocycles. The van der Waals surface area contributed by atoms with Crippen molar-refractivity contribution in [3.8, 4) is 0 Å². The molecule has 0 amide bonds. The zero-order valence-electron chi connectivity index (χ0n) is 8.92. The van der Waals surface area contributed by atoms with Crippen LogP contribution in [0.5, 0.6) is 0 Å². The van der Waals surface area contributed by atoms with Gasteiger partial charge in [-0.15, -0.1) is 0 Å². The van der Waals surface area contributed by atoms with Crippen molar-refractivity contribution >= 4 is 5.78 Å². The molecule has 13 heavy (non-hydrogen) atoms. The average Bonchev–Trinajstić information content (AvgIpc) is 2.11. The summed E-state index contributed by atoms with van der Waals surface area (Å²) >= 11 is 0. The zero-order chi connectivity index (χ0) is 10.3. The Morgan fingerprint density at radius 1 is 1.46 bits per heavy atom. The van der Waals surface area contributed by atoms with E-state index >= 15 is 0 Å². The van der Waals surface area contributed by atoms with E-state index in [1.165, 1.54) is 5.57 Å². The van der Waals surface area contributed by atoms with Crippen LogP contribution in [0.4, 0.5) is 0 Å². The molecule has 0 heterocycles. The van der Waals surface area contributed by atoms with Crippen LogP contribution in [-0.2, 0) is 4.79 Å². The Kier molecular flexibility index (Phi) is 6.15. The molecule has 0 aliphatic rings. The summed E-state index contributed by atoms with van der Waals surface area (Å²) in [7, 11) is 1.81. The standard InChI is InChI=1S/C11H19NO/c1-5-7-10(6-2)8-11(12-4)9(3)13/h5-7,11-12H,8H2,1-4H3/b7-5-,10-6+/t11-/m0/s1. The number of hydrogen-bond donors (Lipinski definition) is 1. The van der Waals surface area contributed by atoms with E-state index in [0.29, 0.717) is 0 Å². The second-order valence-electron chi connectivity index (χ2n) is 3.02. The van der Waals surface area contributed by atoms with Gasteiger partial charge in [-0.3, -0.25) is 4.79 Å². The third-order valence-corrected chi connectivity index (χ3v) is 2.03. The van der Waals surface area contributed by atoms with Crippen LogP contribution in [0.2, 0.25) is 0 Å². The van der Waals surface area contributed by atoms with Crippen LogP contribution < -0.4 is 5.32 Å². The Bertz CT molecular complexity index is 216. The van der Waals surface area contributed by atoms with Gasteiger partial charge in [-0.05, 0) is 34.2 Å². The number of hydrogen-bond acceptors (Lipinski definition) is 2. The van der Waals surface area contributed by atoms with Crippen molar-refractivity contribution in [3.05, 3.63) is 23.8 Å². The molecule has 2 heteroatoms. The fraction of sp³-hybridized carbons (Fsp3) is 0.545. The van der Waals surface area contributed by atoms with Crippen molar-refractivity contribution in [2.24, 2.45) is 0 Å². The highest BCUT2D eigenvalue weighted by molar-refractivity contribution is 5.81. The lowest BCUT2D eigenvalue weighted by atomic mass is 10.0. The van der Waals surface area contributed by atoms with Gasteiger partial charge in [0.1, 0.15) is 5.78 Å². The molecule has 0 saturated heterocycles. The molecule has 0 aliphatic heterocycles. The molecule has 0 bridgehead atoms. The number of nitrogens with one attached hydrogen (secondary N) is 1. The van der Waals surface area contributed by atoms with Crippen molar-refractivity contribution in [2.45, 2.75) is 33.2 Å². The quantitative estimate of drug-likeness (QED) is 0.658. The first-order valence-electron chi connectivity index (χ1n) is 4.61. The Hall–Kier alpha value is -0.890. The fourth-order valence-corrected chi connectivity index (χ4v) is 1.18. The van der Waals surface area contributed by atoms with Gasteiger partial charge in [0, 0.05) is 0 Å². The molecule has 0 aromatic heterocycles. The lowest BCUT2D eigenvalue weighted by Gasteiger charge is -2.12. The van der Waals surface area contributed by atoms with Crippen LogP contribution in [0.3, 0.4) is 0 Å². The number of likely N-dealkylation sites (N-methyl/N-ethyl adjacent to an activating group) is 1. The SMILES string of the molecule is C/C=C\C(=C/C)C[C@H](NC)C(C)=O. The van der Waals surface area contributed by atoms with Crippen LogP contribution in [0.1, 0.15) is 27.2 Å². The number of rotatable bonds is 5. The van der Waals surface area contributed by atoms with Crippen LogP contribution in [0, 0.1) is 0 Å². The number of allylic oxidation sites excluding steroid dienone is 3. The molecule has 0 rings (SSSR count). The molecule has 0 fully saturated rings. The molecular formula is C11H19NO. The van der Waals surface area contributed by atoms with Crippen molar-refractivity contribution < 1.29 is 4.79 Å². The Labute approximate surface area is 80.7 Å². The van der Waals surface area contributed by atoms with Gasteiger partial charge in [0.15, 0.2) is 0 Å². The highest BCUT2D eigenvalue weighted by Gasteiger charge is 2.11. The highest BCUT2D eigenvalue weighted by Crippen LogP contribution is 2.07. The third kappa shape index (κ3) is 4.63. The lowest BCUT2D eigenvalue weighted by molar-refractivity contribution is -0.118. The molecule has 0 spiro atoms. The maximum Gasteiger partial charge on any atom is 0.147 e. The summed E-state index contributed by atoms with van der Waals surface area (Å²) < 4.78 is 0. The third-order valence-electron chi connectivity index (χ3n) is 2.03. The Morgan fingerprint density at radius 2 is 2.08 bits per heavy atom. The van der Waals surface area contributed by atoms with Gasteiger partial charge in [-0.1, -0.05) is 23.8 Å². The molecule has 74 valence electrons. The van der Waals surface area contributed by atoms with Gasteiger partial charge in [0.25, 0.3) is 0 Å². The van der Waals surface area contributed by atoms with E-state index in [0.717, 1.165) is 6.42 Å². The maximum absolute atomic E-state index is 11.1. The van der Waals surface area contributed by atoms with E-state index < -0.39 is 0 Å². The van der Waals surface area contributed by atoms with E-state index in [2.05, 4.69) is 5.32 Å². The summed E-state index contributed by atoms with van der Waals surface area (Å²) in [5.74, 6) is 0.186. The number of ketones is 1. The van der Waals surface area contributed by atoms with E-state index in [-0.39, 0.29) is 11.8 Å². The average molecular weight is 181 g/mol. The highest BCUT2D eigenvalue weighted by atomic mass is 16.1. The smallest absolute Gasteiger partial charge is 0.147 e. The Morgan fingerprint density at radius 3 is 2.38 bits per heavy atom. The Balaban J connectivity index is 4.29. The number of carbonyl (C=O) groups excluding carboxylic acids is 1. The van der Waals surface area contributed by atoms with Crippen LogP contribution in [-0.4, -0.2) is 18.9 Å². The minimum absolute atomic E-state index is 0.0533. The van der Waals surface area contributed by atoms with Crippen LogP contribution in [0.15, 0.2) is 23.8 Å². The summed E-state index contributed by atoms with van der Waals surface area (Å²) in [5, 5.41) is 3.00. The minimum atomic E-state index is -0.0533. The zero-order valence-corrected chi connectivity index (χ0v) is 8.92. The summed E-state index contributed by atoms with van der Waals surface area (Å²) in [6.45, 7) is 5.58. The normalized spacial score (nSPS) is 14.9. The van der Waals surface area contributed by atoms with E-state index in [9.17, 15) is 4.79 Å². The molecule has 0 unspecified atom stereocenters. The van der Waals surface area contributed by atoms with Gasteiger partial charge in [0.2, 0.25) is 0 Å². The van der Waals surface area contributed by atoms with Crippen LogP contribution in [0.25, 0.3) is 0 Å². The molecule has 0 aliphatic carbocycles. The molecule has 0 aromatic carbocycles. The van der Waals surface area contributed by atoms with E-state index in [4.69, 9.17) is 0 Å². The summed E-state index contributed by atoms with van der Waals surface area (Å²) in [5.41, 5.74) is 1.19. The fourth-order valence-electron chi connectivity index (χ4n) is 1.18. The van der Waals surface area contributed by atoms with Gasteiger partial charge in [-0.2, -0.15) is 0 Å². The van der Waals surface area contributed by atoms with E-state index in [1.54, 1.807) is 6.92 Å². The largest absolute Gasteiger partial charge is 0.310 e. The second-order valence-corrected chi connectivity index (χ2v) is 3.02. The van der Waals surface area contributed by atoms with Crippen LogP contribution >= 0.6 is 0 Å². The minimum Gasteiger partial charge on any atom is -0.310 e. The topological polar surface area (TPSA) is 29.1 Å². The second kappa shape index (κ2) is 6.61. The number of carbonyl (C=O) groups is 1. The van der Waals surface area contributed by atoms with Gasteiger partial charge in [-0.25, -0.2) is 0 Å². The molecule has 0 aromatic rings. The summed E-state index contributed by atoms with van der Waals surface area (Å²) in [6.07, 6.45) is 6.83. The van der Waals surface area contributed by atoms with Gasteiger partial charge < -0.3 is 5.32 Å².